The van der Waals surface area contributed by atoms with Crippen LogP contribution in [0.4, 0.5) is 9.93 Å². The Balaban J connectivity index is 1.42. The summed E-state index contributed by atoms with van der Waals surface area (Å²) in [6, 6.07) is 13.5. The number of ether oxygens (including phenoxy) is 1. The fourth-order valence-corrected chi connectivity index (χ4v) is 5.31. The molecule has 10 heteroatoms. The fourth-order valence-electron chi connectivity index (χ4n) is 4.35. The van der Waals surface area contributed by atoms with E-state index in [4.69, 9.17) is 9.72 Å². The van der Waals surface area contributed by atoms with Gasteiger partial charge in [0.1, 0.15) is 0 Å². The van der Waals surface area contributed by atoms with E-state index in [0.717, 1.165) is 48.0 Å². The van der Waals surface area contributed by atoms with Crippen molar-refractivity contribution in [3.05, 3.63) is 53.3 Å². The van der Waals surface area contributed by atoms with E-state index >= 15 is 0 Å². The lowest BCUT2D eigenvalue weighted by atomic mass is 10.0. The zero-order chi connectivity index (χ0) is 24.4. The van der Waals surface area contributed by atoms with Crippen LogP contribution >= 0.6 is 11.3 Å². The Morgan fingerprint density at radius 1 is 1.20 bits per heavy atom. The molecule has 180 valence electrons. The summed E-state index contributed by atoms with van der Waals surface area (Å²) in [5, 5.41) is 22.5. The molecule has 4 heterocycles. The number of aromatic nitrogens is 2. The van der Waals surface area contributed by atoms with Crippen molar-refractivity contribution >= 4 is 22.5 Å². The molecule has 2 aliphatic rings. The number of carbonyl (C=O) groups is 1. The van der Waals surface area contributed by atoms with Gasteiger partial charge in [0.05, 0.1) is 53.8 Å². The summed E-state index contributed by atoms with van der Waals surface area (Å²) < 4.78 is 5.29. The number of urea groups is 1. The zero-order valence-corrected chi connectivity index (χ0v) is 20.2. The monoisotopic (exact) mass is 490 g/mol. The highest BCUT2D eigenvalue weighted by molar-refractivity contribution is 7.19. The van der Waals surface area contributed by atoms with Gasteiger partial charge in [-0.15, -0.1) is 0 Å². The Morgan fingerprint density at radius 3 is 2.69 bits per heavy atom. The quantitative estimate of drug-likeness (QED) is 0.565. The van der Waals surface area contributed by atoms with Crippen LogP contribution in [0.15, 0.2) is 36.4 Å². The molecule has 1 aromatic carbocycles. The summed E-state index contributed by atoms with van der Waals surface area (Å²) in [5.74, 6) is 0. The number of nitrogens with zero attached hydrogens (tertiary/aromatic N) is 5. The molecule has 0 aliphatic carbocycles. The van der Waals surface area contributed by atoms with Crippen molar-refractivity contribution in [3.8, 4) is 27.8 Å². The van der Waals surface area contributed by atoms with Gasteiger partial charge >= 0.3 is 6.03 Å². The van der Waals surface area contributed by atoms with Crippen molar-refractivity contribution < 1.29 is 14.6 Å². The minimum atomic E-state index is -0.172. The third-order valence-electron chi connectivity index (χ3n) is 6.28. The second-order valence-electron chi connectivity index (χ2n) is 8.68. The van der Waals surface area contributed by atoms with E-state index in [9.17, 15) is 15.2 Å². The Labute approximate surface area is 207 Å². The number of pyridine rings is 1. The minimum Gasteiger partial charge on any atom is -0.390 e. The normalized spacial score (nSPS) is 16.5. The lowest BCUT2D eigenvalue weighted by Gasteiger charge is -2.42. The summed E-state index contributed by atoms with van der Waals surface area (Å²) in [6.07, 6.45) is 0. The number of thiazole rings is 1. The number of benzene rings is 1. The zero-order valence-electron chi connectivity index (χ0n) is 19.4. The maximum absolute atomic E-state index is 13.0. The number of piperazine rings is 1. The van der Waals surface area contributed by atoms with Crippen molar-refractivity contribution in [2.75, 3.05) is 44.7 Å². The van der Waals surface area contributed by atoms with E-state index in [-0.39, 0.29) is 12.6 Å². The van der Waals surface area contributed by atoms with E-state index in [2.05, 4.69) is 21.3 Å². The van der Waals surface area contributed by atoms with Gasteiger partial charge in [-0.25, -0.2) is 9.78 Å². The van der Waals surface area contributed by atoms with Crippen LogP contribution in [0.2, 0.25) is 0 Å². The number of aliphatic hydroxyl groups excluding tert-OH is 1. The van der Waals surface area contributed by atoms with E-state index < -0.39 is 0 Å². The Hall–Kier alpha value is -3.36. The molecule has 2 saturated heterocycles. The highest BCUT2D eigenvalue weighted by atomic mass is 32.1. The van der Waals surface area contributed by atoms with Crippen LogP contribution in [-0.2, 0) is 11.3 Å². The Morgan fingerprint density at radius 2 is 2.00 bits per heavy atom. The number of hydrogen-bond donors (Lipinski definition) is 2. The molecule has 2 aromatic heterocycles. The summed E-state index contributed by atoms with van der Waals surface area (Å²) in [5.41, 5.74) is 4.18. The first-order valence-corrected chi connectivity index (χ1v) is 12.3. The lowest BCUT2D eigenvalue weighted by molar-refractivity contribution is -0.0737. The molecule has 2 amide bonds. The molecule has 9 nitrogen and oxygen atoms in total. The molecule has 2 N–H and O–H groups in total. The van der Waals surface area contributed by atoms with Gasteiger partial charge in [-0.3, -0.25) is 15.2 Å². The number of carbonyl (C=O) groups excluding carboxylic acids is 1. The molecule has 0 unspecified atom stereocenters. The predicted octanol–water partition coefficient (Wildman–Crippen LogP) is 3.09. The van der Waals surface area contributed by atoms with Gasteiger partial charge in [0, 0.05) is 37.4 Å². The van der Waals surface area contributed by atoms with Gasteiger partial charge in [0.2, 0.25) is 0 Å². The van der Waals surface area contributed by atoms with Crippen LogP contribution in [-0.4, -0.2) is 76.3 Å². The van der Waals surface area contributed by atoms with Gasteiger partial charge in [0.15, 0.2) is 5.13 Å². The first kappa shape index (κ1) is 23.4. The van der Waals surface area contributed by atoms with Crippen LogP contribution in [0, 0.1) is 18.3 Å². The number of amides is 2. The third-order valence-corrected chi connectivity index (χ3v) is 7.30. The molecule has 0 saturated carbocycles. The summed E-state index contributed by atoms with van der Waals surface area (Å²) >= 11 is 1.37. The highest BCUT2D eigenvalue weighted by Crippen LogP contribution is 2.40. The maximum Gasteiger partial charge on any atom is 0.323 e. The third kappa shape index (κ3) is 5.04. The van der Waals surface area contributed by atoms with Gasteiger partial charge in [-0.1, -0.05) is 23.5 Å². The topological polar surface area (TPSA) is 115 Å². The molecule has 0 bridgehead atoms. The van der Waals surface area contributed by atoms with Crippen LogP contribution < -0.4 is 5.32 Å². The molecule has 0 atom stereocenters. The van der Waals surface area contributed by atoms with Gasteiger partial charge in [-0.05, 0) is 36.8 Å². The molecule has 0 spiro atoms. The van der Waals surface area contributed by atoms with Gasteiger partial charge < -0.3 is 14.7 Å². The molecule has 5 rings (SSSR count). The molecule has 2 aliphatic heterocycles. The average Bonchev–Trinajstić information content (AvgIpc) is 3.27. The number of nitrogens with one attached hydrogen (secondary N) is 1. The first-order chi connectivity index (χ1) is 17.0. The average molecular weight is 491 g/mol. The maximum atomic E-state index is 13.0. The van der Waals surface area contributed by atoms with Crippen molar-refractivity contribution in [1.29, 1.82) is 5.26 Å². The van der Waals surface area contributed by atoms with Crippen LogP contribution in [0.1, 0.15) is 17.0 Å². The fraction of sp³-hybridized carbons (Fsp3) is 0.360. The molecular formula is C25H26N6O3S. The van der Waals surface area contributed by atoms with Crippen LogP contribution in [0.5, 0.6) is 0 Å². The van der Waals surface area contributed by atoms with E-state index in [1.807, 2.05) is 36.1 Å². The Kier molecular flexibility index (Phi) is 6.74. The predicted molar refractivity (Wildman–Crippen MR) is 133 cm³/mol. The Bertz CT molecular complexity index is 1270. The number of anilines is 1. The number of aliphatic hydroxyl groups is 1. The smallest absolute Gasteiger partial charge is 0.323 e. The van der Waals surface area contributed by atoms with Gasteiger partial charge in [0.25, 0.3) is 0 Å². The largest absolute Gasteiger partial charge is 0.390 e. The second-order valence-corrected chi connectivity index (χ2v) is 9.68. The minimum absolute atomic E-state index is 0.171. The first-order valence-electron chi connectivity index (χ1n) is 11.5. The van der Waals surface area contributed by atoms with Crippen LogP contribution in [0.25, 0.3) is 21.7 Å². The molecule has 0 radical (unpaired) electrons. The lowest BCUT2D eigenvalue weighted by Crippen LogP contribution is -2.57. The number of aryl methyl sites for hydroxylation is 1. The van der Waals surface area contributed by atoms with Gasteiger partial charge in [-0.2, -0.15) is 5.26 Å². The van der Waals surface area contributed by atoms with E-state index in [0.29, 0.717) is 41.2 Å². The second kappa shape index (κ2) is 10.1. The highest BCUT2D eigenvalue weighted by Gasteiger charge is 2.30. The van der Waals surface area contributed by atoms with E-state index in [1.54, 1.807) is 12.1 Å². The summed E-state index contributed by atoms with van der Waals surface area (Å²) in [7, 11) is 0. The molecule has 35 heavy (non-hydrogen) atoms. The van der Waals surface area contributed by atoms with E-state index in [1.165, 1.54) is 11.3 Å². The summed E-state index contributed by atoms with van der Waals surface area (Å²) in [4.78, 5) is 27.2. The van der Waals surface area contributed by atoms with Crippen molar-refractivity contribution in [3.63, 3.8) is 0 Å². The van der Waals surface area contributed by atoms with Crippen molar-refractivity contribution in [1.82, 2.24) is 19.8 Å². The van der Waals surface area contributed by atoms with Crippen LogP contribution in [0.3, 0.4) is 0 Å². The number of nitriles is 1. The number of hydrogen-bond acceptors (Lipinski definition) is 8. The summed E-state index contributed by atoms with van der Waals surface area (Å²) in [6.45, 7) is 6.22. The van der Waals surface area contributed by atoms with Crippen molar-refractivity contribution in [2.24, 2.45) is 0 Å². The molecule has 3 aromatic rings. The number of rotatable bonds is 5. The SMILES string of the molecule is Cc1cc(-c2sc(NC(=O)N3CCN(C4COC4)CC3)nc2-c2cccc(C#N)c2)cc(CO)n1. The standard InChI is InChI=1S/C25H26N6O3S/c1-16-9-19(11-20(13-32)27-16)23-22(18-4-2-3-17(10-18)12-26)28-24(35-23)29-25(33)31-7-5-30(6-8-31)21-14-34-15-21/h2-4,9-11,21,32H,5-8,13-15H2,1H3,(H,28,29,33). The molecule has 2 fully saturated rings. The van der Waals surface area contributed by atoms with Crippen molar-refractivity contribution in [2.45, 2.75) is 19.6 Å². The molecular weight excluding hydrogens is 464 g/mol.